The van der Waals surface area contributed by atoms with E-state index < -0.39 is 29.4 Å². The standard InChI is InChI=1S/C25H22F3N3O4/c26-25(27,28)21-14-31(29-22(21)23(32)33)24(34)30-12-17-10-20(11-18(17)13-30)35-19-8-4-7-16(9-19)15-5-2-1-3-6-15/h1-9,14,17-18,20H,10-13H2,(H,32,33)/t17-,18?,20?/m1/s1. The first-order valence-corrected chi connectivity index (χ1v) is 11.2. The quantitative estimate of drug-likeness (QED) is 0.561. The molecule has 0 bridgehead atoms. The van der Waals surface area contributed by atoms with Gasteiger partial charge in [0.1, 0.15) is 11.3 Å². The van der Waals surface area contributed by atoms with Crippen molar-refractivity contribution in [2.45, 2.75) is 25.1 Å². The number of carboxylic acids is 1. The van der Waals surface area contributed by atoms with E-state index in [2.05, 4.69) is 5.10 Å². The minimum atomic E-state index is -4.92. The van der Waals surface area contributed by atoms with Gasteiger partial charge in [0.25, 0.3) is 0 Å². The number of ether oxygens (including phenoxy) is 1. The van der Waals surface area contributed by atoms with Crippen molar-refractivity contribution >= 4 is 12.0 Å². The maximum Gasteiger partial charge on any atom is 0.420 e. The zero-order chi connectivity index (χ0) is 24.7. The number of benzene rings is 2. The third kappa shape index (κ3) is 4.60. The molecule has 1 saturated carbocycles. The summed E-state index contributed by atoms with van der Waals surface area (Å²) in [5, 5.41) is 12.4. The molecule has 3 aromatic rings. The number of carbonyl (C=O) groups is 2. The van der Waals surface area contributed by atoms with Crippen LogP contribution in [-0.2, 0) is 6.18 Å². The molecule has 2 fully saturated rings. The third-order valence-electron chi connectivity index (χ3n) is 6.64. The van der Waals surface area contributed by atoms with Crippen molar-refractivity contribution in [3.63, 3.8) is 0 Å². The van der Waals surface area contributed by atoms with Gasteiger partial charge in [0.15, 0.2) is 5.69 Å². The number of carboxylic acid groups (broad SMARTS) is 1. The maximum atomic E-state index is 13.1. The third-order valence-corrected chi connectivity index (χ3v) is 6.64. The highest BCUT2D eigenvalue weighted by molar-refractivity contribution is 5.88. The summed E-state index contributed by atoms with van der Waals surface area (Å²) in [6.45, 7) is 0.716. The van der Waals surface area contributed by atoms with Crippen LogP contribution in [0.1, 0.15) is 28.9 Å². The Morgan fingerprint density at radius 1 is 0.971 bits per heavy atom. The molecule has 2 unspecified atom stereocenters. The summed E-state index contributed by atoms with van der Waals surface area (Å²) in [4.78, 5) is 25.4. The predicted molar refractivity (Wildman–Crippen MR) is 119 cm³/mol. The van der Waals surface area contributed by atoms with Crippen LogP contribution in [0.2, 0.25) is 0 Å². The Kier molecular flexibility index (Phi) is 5.74. The van der Waals surface area contributed by atoms with Gasteiger partial charge in [-0.05, 0) is 47.9 Å². The molecule has 2 aromatic carbocycles. The number of amides is 1. The molecule has 3 atom stereocenters. The van der Waals surface area contributed by atoms with Gasteiger partial charge in [-0.25, -0.2) is 9.59 Å². The summed E-state index contributed by atoms with van der Waals surface area (Å²) < 4.78 is 46.1. The topological polar surface area (TPSA) is 84.7 Å². The van der Waals surface area contributed by atoms with E-state index >= 15 is 0 Å². The molecular weight excluding hydrogens is 463 g/mol. The van der Waals surface area contributed by atoms with Gasteiger partial charge < -0.3 is 14.7 Å². The van der Waals surface area contributed by atoms with Crippen LogP contribution in [0.4, 0.5) is 18.0 Å². The molecule has 10 heteroatoms. The average molecular weight is 485 g/mol. The molecule has 1 saturated heterocycles. The Bertz CT molecular complexity index is 1240. The molecule has 182 valence electrons. The second-order valence-electron chi connectivity index (χ2n) is 8.95. The molecule has 1 aliphatic carbocycles. The fourth-order valence-electron chi connectivity index (χ4n) is 5.05. The molecule has 1 aliphatic heterocycles. The van der Waals surface area contributed by atoms with Gasteiger partial charge in [-0.2, -0.15) is 23.0 Å². The molecule has 7 nitrogen and oxygen atoms in total. The molecule has 2 aliphatic rings. The van der Waals surface area contributed by atoms with Crippen LogP contribution in [-0.4, -0.2) is 51.0 Å². The Morgan fingerprint density at radius 3 is 2.23 bits per heavy atom. The van der Waals surface area contributed by atoms with Gasteiger partial charge in [0.2, 0.25) is 0 Å². The number of hydrogen-bond acceptors (Lipinski definition) is 4. The summed E-state index contributed by atoms with van der Waals surface area (Å²) in [6, 6.07) is 17.1. The Morgan fingerprint density at radius 2 is 1.63 bits per heavy atom. The van der Waals surface area contributed by atoms with Crippen molar-refractivity contribution in [1.82, 2.24) is 14.7 Å². The second kappa shape index (κ2) is 8.75. The van der Waals surface area contributed by atoms with Crippen molar-refractivity contribution in [1.29, 1.82) is 0 Å². The summed E-state index contributed by atoms with van der Waals surface area (Å²) in [6.07, 6.45) is -3.05. The lowest BCUT2D eigenvalue weighted by atomic mass is 10.0. The van der Waals surface area contributed by atoms with Crippen LogP contribution in [0.15, 0.2) is 60.8 Å². The van der Waals surface area contributed by atoms with E-state index in [-0.39, 0.29) is 17.9 Å². The van der Waals surface area contributed by atoms with Crippen molar-refractivity contribution in [2.75, 3.05) is 13.1 Å². The summed E-state index contributed by atoms with van der Waals surface area (Å²) in [7, 11) is 0. The van der Waals surface area contributed by atoms with Crippen LogP contribution in [0.25, 0.3) is 11.1 Å². The number of likely N-dealkylation sites (tertiary alicyclic amines) is 1. The molecule has 0 radical (unpaired) electrons. The molecule has 1 N–H and O–H groups in total. The molecular formula is C25H22F3N3O4. The summed E-state index contributed by atoms with van der Waals surface area (Å²) in [5.74, 6) is -0.768. The Balaban J connectivity index is 1.23. The number of rotatable bonds is 4. The molecule has 0 spiro atoms. The Labute approximate surface area is 198 Å². The van der Waals surface area contributed by atoms with E-state index in [9.17, 15) is 22.8 Å². The van der Waals surface area contributed by atoms with Gasteiger partial charge in [0.05, 0.1) is 6.10 Å². The second-order valence-corrected chi connectivity index (χ2v) is 8.95. The highest BCUT2D eigenvalue weighted by atomic mass is 19.4. The van der Waals surface area contributed by atoms with Crippen molar-refractivity contribution in [3.05, 3.63) is 72.1 Å². The monoisotopic (exact) mass is 485 g/mol. The normalized spacial score (nSPS) is 21.7. The molecule has 2 heterocycles. The van der Waals surface area contributed by atoms with Gasteiger partial charge >= 0.3 is 18.2 Å². The molecule has 1 aromatic heterocycles. The number of aromatic nitrogens is 2. The minimum absolute atomic E-state index is 0.0200. The number of alkyl halides is 3. The maximum absolute atomic E-state index is 13.1. The van der Waals surface area contributed by atoms with Gasteiger partial charge in [-0.15, -0.1) is 0 Å². The SMILES string of the molecule is O=C(O)c1nn(C(=O)N2CC3CC(Oc4cccc(-c5ccccc5)c4)C[C@@H]3C2)cc1C(F)(F)F. The van der Waals surface area contributed by atoms with Crippen molar-refractivity contribution < 1.29 is 32.6 Å². The van der Waals surface area contributed by atoms with E-state index in [0.29, 0.717) is 24.0 Å². The fraction of sp³-hybridized carbons (Fsp3) is 0.320. The number of nitrogens with zero attached hydrogens (tertiary/aromatic N) is 3. The highest BCUT2D eigenvalue weighted by Gasteiger charge is 2.45. The van der Waals surface area contributed by atoms with Gasteiger partial charge in [-0.3, -0.25) is 0 Å². The van der Waals surface area contributed by atoms with Crippen LogP contribution >= 0.6 is 0 Å². The average Bonchev–Trinajstić information content (AvgIpc) is 3.52. The largest absolute Gasteiger partial charge is 0.490 e. The van der Waals surface area contributed by atoms with Crippen LogP contribution in [0.5, 0.6) is 5.75 Å². The number of hydrogen-bond donors (Lipinski definition) is 1. The Hall–Kier alpha value is -3.82. The minimum Gasteiger partial charge on any atom is -0.490 e. The highest BCUT2D eigenvalue weighted by Crippen LogP contribution is 2.40. The van der Waals surface area contributed by atoms with Gasteiger partial charge in [-0.1, -0.05) is 42.5 Å². The van der Waals surface area contributed by atoms with E-state index in [0.717, 1.165) is 29.7 Å². The predicted octanol–water partition coefficient (Wildman–Crippen LogP) is 5.02. The van der Waals surface area contributed by atoms with E-state index in [4.69, 9.17) is 9.84 Å². The summed E-state index contributed by atoms with van der Waals surface area (Å²) in [5.41, 5.74) is -0.481. The molecule has 5 rings (SSSR count). The zero-order valence-corrected chi connectivity index (χ0v) is 18.5. The zero-order valence-electron chi connectivity index (χ0n) is 18.5. The van der Waals surface area contributed by atoms with Crippen molar-refractivity contribution in [3.8, 4) is 16.9 Å². The number of fused-ring (bicyclic) bond motifs is 1. The summed E-state index contributed by atoms with van der Waals surface area (Å²) >= 11 is 0. The lowest BCUT2D eigenvalue weighted by Gasteiger charge is -2.20. The molecule has 35 heavy (non-hydrogen) atoms. The first-order chi connectivity index (χ1) is 16.7. The van der Waals surface area contributed by atoms with Crippen LogP contribution < -0.4 is 4.74 Å². The first-order valence-electron chi connectivity index (χ1n) is 11.2. The lowest BCUT2D eigenvalue weighted by Crippen LogP contribution is -2.34. The van der Waals surface area contributed by atoms with Crippen molar-refractivity contribution in [2.24, 2.45) is 11.8 Å². The number of aromatic carboxylic acids is 1. The van der Waals surface area contributed by atoms with E-state index in [1.54, 1.807) is 0 Å². The number of halogens is 3. The van der Waals surface area contributed by atoms with Gasteiger partial charge in [0, 0.05) is 19.3 Å². The smallest absolute Gasteiger partial charge is 0.420 e. The lowest BCUT2D eigenvalue weighted by molar-refractivity contribution is -0.138. The first kappa shape index (κ1) is 22.9. The van der Waals surface area contributed by atoms with E-state index in [1.165, 1.54) is 4.90 Å². The molecule has 1 amide bonds. The fourth-order valence-corrected chi connectivity index (χ4v) is 5.05. The van der Waals surface area contributed by atoms with Crippen LogP contribution in [0, 0.1) is 11.8 Å². The number of carbonyl (C=O) groups excluding carboxylic acids is 1. The van der Waals surface area contributed by atoms with E-state index in [1.807, 2.05) is 54.6 Å². The van der Waals surface area contributed by atoms with Crippen LogP contribution in [0.3, 0.4) is 0 Å².